The molecule has 3 heteroatoms. The highest BCUT2D eigenvalue weighted by Gasteiger charge is 2.58. The van der Waals surface area contributed by atoms with E-state index < -0.39 is 0 Å². The first-order valence-corrected chi connectivity index (χ1v) is 7.51. The van der Waals surface area contributed by atoms with Crippen molar-refractivity contribution in [3.8, 4) is 0 Å². The summed E-state index contributed by atoms with van der Waals surface area (Å²) in [5.41, 5.74) is 1.08. The molecule has 21 heavy (non-hydrogen) atoms. The maximum atomic E-state index is 12.5. The van der Waals surface area contributed by atoms with Gasteiger partial charge in [0.05, 0.1) is 11.8 Å². The van der Waals surface area contributed by atoms with Gasteiger partial charge in [-0.15, -0.1) is 0 Å². The number of fused-ring (bicyclic) bond motifs is 5. The molecular weight excluding hydrogens is 262 g/mol. The summed E-state index contributed by atoms with van der Waals surface area (Å²) in [7, 11) is 0. The molecular formula is C18H17NO2. The van der Waals surface area contributed by atoms with Crippen LogP contribution < -0.4 is 0 Å². The van der Waals surface area contributed by atoms with Gasteiger partial charge in [-0.1, -0.05) is 54.6 Å². The first-order valence-electron chi connectivity index (χ1n) is 7.51. The SMILES string of the molecule is O=C1C2C3C=CC(C3)C2C(=O)N1CC=Cc1ccccc1. The molecule has 2 amide bonds. The van der Waals surface area contributed by atoms with Crippen molar-refractivity contribution in [1.82, 2.24) is 4.90 Å². The molecule has 2 bridgehead atoms. The second-order valence-electron chi connectivity index (χ2n) is 6.10. The minimum Gasteiger partial charge on any atom is -0.278 e. The lowest BCUT2D eigenvalue weighted by Gasteiger charge is -2.14. The Bertz CT molecular complexity index is 616. The number of hydrogen-bond donors (Lipinski definition) is 0. The quantitative estimate of drug-likeness (QED) is 0.630. The fraction of sp³-hybridized carbons (Fsp3) is 0.333. The fourth-order valence-corrected chi connectivity index (χ4v) is 4.00. The molecule has 1 aromatic carbocycles. The molecule has 0 N–H and O–H groups in total. The molecule has 1 heterocycles. The first kappa shape index (κ1) is 12.6. The lowest BCUT2D eigenvalue weighted by atomic mass is 9.85. The topological polar surface area (TPSA) is 37.4 Å². The van der Waals surface area contributed by atoms with Crippen LogP contribution in [0.1, 0.15) is 12.0 Å². The highest BCUT2D eigenvalue weighted by molar-refractivity contribution is 6.06. The molecule has 3 aliphatic rings. The number of nitrogens with zero attached hydrogens (tertiary/aromatic N) is 1. The van der Waals surface area contributed by atoms with Gasteiger partial charge >= 0.3 is 0 Å². The van der Waals surface area contributed by atoms with Crippen molar-refractivity contribution in [3.63, 3.8) is 0 Å². The van der Waals surface area contributed by atoms with Gasteiger partial charge in [0.15, 0.2) is 0 Å². The zero-order valence-electron chi connectivity index (χ0n) is 11.7. The fourth-order valence-electron chi connectivity index (χ4n) is 4.00. The van der Waals surface area contributed by atoms with Crippen LogP contribution in [0.2, 0.25) is 0 Å². The third-order valence-corrected chi connectivity index (χ3v) is 4.96. The molecule has 4 unspecified atom stereocenters. The summed E-state index contributed by atoms with van der Waals surface area (Å²) >= 11 is 0. The Morgan fingerprint density at radius 2 is 1.62 bits per heavy atom. The van der Waals surface area contributed by atoms with Crippen LogP contribution in [0.4, 0.5) is 0 Å². The number of carbonyl (C=O) groups excluding carboxylic acids is 2. The normalized spacial score (nSPS) is 33.4. The maximum absolute atomic E-state index is 12.5. The van der Waals surface area contributed by atoms with Gasteiger partial charge in [-0.3, -0.25) is 14.5 Å². The van der Waals surface area contributed by atoms with Gasteiger partial charge in [0.2, 0.25) is 11.8 Å². The smallest absolute Gasteiger partial charge is 0.234 e. The van der Waals surface area contributed by atoms with Gasteiger partial charge in [-0.2, -0.15) is 0 Å². The zero-order valence-corrected chi connectivity index (χ0v) is 11.7. The molecule has 1 saturated heterocycles. The number of benzene rings is 1. The number of amides is 2. The van der Waals surface area contributed by atoms with Crippen LogP contribution in [0, 0.1) is 23.7 Å². The average Bonchev–Trinajstić information content (AvgIpc) is 3.17. The highest BCUT2D eigenvalue weighted by atomic mass is 16.2. The van der Waals surface area contributed by atoms with E-state index in [-0.39, 0.29) is 23.7 Å². The molecule has 106 valence electrons. The van der Waals surface area contributed by atoms with Gasteiger partial charge in [-0.25, -0.2) is 0 Å². The third kappa shape index (κ3) is 1.88. The van der Waals surface area contributed by atoms with E-state index in [0.29, 0.717) is 18.4 Å². The summed E-state index contributed by atoms with van der Waals surface area (Å²) in [4.78, 5) is 26.4. The van der Waals surface area contributed by atoms with Crippen LogP contribution in [-0.4, -0.2) is 23.3 Å². The monoisotopic (exact) mass is 279 g/mol. The molecule has 4 rings (SSSR count). The van der Waals surface area contributed by atoms with Crippen LogP contribution in [0.15, 0.2) is 48.6 Å². The van der Waals surface area contributed by atoms with Crippen LogP contribution >= 0.6 is 0 Å². The van der Waals surface area contributed by atoms with Crippen LogP contribution in [0.3, 0.4) is 0 Å². The van der Waals surface area contributed by atoms with Crippen molar-refractivity contribution < 1.29 is 9.59 Å². The third-order valence-electron chi connectivity index (χ3n) is 4.96. The lowest BCUT2D eigenvalue weighted by molar-refractivity contribution is -0.139. The Labute approximate surface area is 123 Å². The Morgan fingerprint density at radius 3 is 2.24 bits per heavy atom. The van der Waals surface area contributed by atoms with Crippen molar-refractivity contribution in [1.29, 1.82) is 0 Å². The van der Waals surface area contributed by atoms with Gasteiger partial charge in [0, 0.05) is 6.54 Å². The number of carbonyl (C=O) groups is 2. The van der Waals surface area contributed by atoms with Crippen molar-refractivity contribution in [2.24, 2.45) is 23.7 Å². The summed E-state index contributed by atoms with van der Waals surface area (Å²) in [6.07, 6.45) is 9.10. The summed E-state index contributed by atoms with van der Waals surface area (Å²) in [5.74, 6) is 0.466. The first-order chi connectivity index (χ1) is 10.3. The van der Waals surface area contributed by atoms with E-state index in [2.05, 4.69) is 12.2 Å². The molecule has 0 aromatic heterocycles. The Morgan fingerprint density at radius 1 is 1.00 bits per heavy atom. The van der Waals surface area contributed by atoms with E-state index in [0.717, 1.165) is 12.0 Å². The van der Waals surface area contributed by atoms with Gasteiger partial charge in [0.1, 0.15) is 0 Å². The van der Waals surface area contributed by atoms with Crippen molar-refractivity contribution in [3.05, 3.63) is 54.1 Å². The molecule has 0 spiro atoms. The molecule has 2 aliphatic carbocycles. The molecule has 4 atom stereocenters. The van der Waals surface area contributed by atoms with Crippen LogP contribution in [0.5, 0.6) is 0 Å². The summed E-state index contributed by atoms with van der Waals surface area (Å²) in [6.45, 7) is 0.388. The van der Waals surface area contributed by atoms with Crippen molar-refractivity contribution >= 4 is 17.9 Å². The second kappa shape index (κ2) is 4.69. The Balaban J connectivity index is 1.49. The zero-order chi connectivity index (χ0) is 14.4. The summed E-state index contributed by atoms with van der Waals surface area (Å²) in [6, 6.07) is 9.92. The second-order valence-corrected chi connectivity index (χ2v) is 6.10. The molecule has 0 radical (unpaired) electrons. The summed E-state index contributed by atoms with van der Waals surface area (Å²) in [5, 5.41) is 0. The van der Waals surface area contributed by atoms with E-state index in [9.17, 15) is 9.59 Å². The maximum Gasteiger partial charge on any atom is 0.234 e. The minimum atomic E-state index is -0.0855. The highest BCUT2D eigenvalue weighted by Crippen LogP contribution is 2.52. The predicted molar refractivity (Wildman–Crippen MR) is 79.9 cm³/mol. The van der Waals surface area contributed by atoms with E-state index in [4.69, 9.17) is 0 Å². The van der Waals surface area contributed by atoms with E-state index >= 15 is 0 Å². The van der Waals surface area contributed by atoms with Gasteiger partial charge in [0.25, 0.3) is 0 Å². The lowest BCUT2D eigenvalue weighted by Crippen LogP contribution is -2.33. The largest absolute Gasteiger partial charge is 0.278 e. The number of likely N-dealkylation sites (tertiary alicyclic amines) is 1. The number of hydrogen-bond acceptors (Lipinski definition) is 2. The van der Waals surface area contributed by atoms with Crippen molar-refractivity contribution in [2.75, 3.05) is 6.54 Å². The standard InChI is InChI=1S/C18H17NO2/c20-17-15-13-8-9-14(11-13)16(15)18(21)19(17)10-4-7-12-5-2-1-3-6-12/h1-9,13-16H,10-11H2. The van der Waals surface area contributed by atoms with Gasteiger partial charge < -0.3 is 0 Å². The van der Waals surface area contributed by atoms with Gasteiger partial charge in [-0.05, 0) is 23.8 Å². The number of rotatable bonds is 3. The Kier molecular flexibility index (Phi) is 2.81. The van der Waals surface area contributed by atoms with E-state index in [1.165, 1.54) is 4.90 Å². The number of allylic oxidation sites excluding steroid dienone is 2. The summed E-state index contributed by atoms with van der Waals surface area (Å²) < 4.78 is 0. The molecule has 1 aliphatic heterocycles. The number of imide groups is 1. The Hall–Kier alpha value is -2.16. The van der Waals surface area contributed by atoms with E-state index in [1.807, 2.05) is 42.5 Å². The minimum absolute atomic E-state index is 0.0274. The molecule has 1 aromatic rings. The van der Waals surface area contributed by atoms with E-state index in [1.54, 1.807) is 0 Å². The predicted octanol–water partition coefficient (Wildman–Crippen LogP) is 2.51. The van der Waals surface area contributed by atoms with Crippen LogP contribution in [-0.2, 0) is 9.59 Å². The molecule has 1 saturated carbocycles. The van der Waals surface area contributed by atoms with Crippen molar-refractivity contribution in [2.45, 2.75) is 6.42 Å². The van der Waals surface area contributed by atoms with Crippen LogP contribution in [0.25, 0.3) is 6.08 Å². The molecule has 2 fully saturated rings. The average molecular weight is 279 g/mol. The molecule has 3 nitrogen and oxygen atoms in total.